The van der Waals surface area contributed by atoms with Gasteiger partial charge in [0.25, 0.3) is 0 Å². The minimum atomic E-state index is -2.41. The second-order valence-electron chi connectivity index (χ2n) is 12.6. The molecule has 0 amide bonds. The first-order valence-corrected chi connectivity index (χ1v) is 18.4. The van der Waals surface area contributed by atoms with Gasteiger partial charge in [0.1, 0.15) is 23.9 Å². The number of aliphatic hydroxyl groups excluding tert-OH is 4. The molecule has 1 saturated heterocycles. The van der Waals surface area contributed by atoms with Crippen molar-refractivity contribution in [1.29, 1.82) is 0 Å². The molecule has 0 spiro atoms. The molecule has 13 nitrogen and oxygen atoms in total. The standard InChI is InChI=1S/C32H43NO12S2/c1-2-41-23(37)6-4-18-13-19-7-10-42-25(19)27-26(18)44-29-32(40)24-20(3-5-22(36)21(24)15-34)14-31(39,28(32)38)30(16-35,45-29)17-47-46-12-9-33-8-11-43-27/h3,5,7,10,13,20-22,24,28-29,33-36,38-40H,2,4,6,8-9,11-12,14-17H2,1H3/t20-,21-,22+,24+,28+,29+,30+,31+,32+/m1/s1. The smallest absolute Gasteiger partial charge is 0.306 e. The minimum absolute atomic E-state index is 0.00453. The van der Waals surface area contributed by atoms with Crippen LogP contribution >= 0.6 is 21.6 Å². The van der Waals surface area contributed by atoms with Gasteiger partial charge in [0, 0.05) is 54.8 Å². The molecular weight excluding hydrogens is 654 g/mol. The number of aliphatic hydroxyl groups is 6. The molecule has 1 aromatic carbocycles. The second kappa shape index (κ2) is 14.1. The molecule has 1 aromatic heterocycles. The van der Waals surface area contributed by atoms with Gasteiger partial charge in [-0.3, -0.25) is 4.79 Å². The SMILES string of the molecule is CCOC(=O)CCc1cc2ccoc2c2c1O[C@H]1O[C@@](CO)(CSSCCNCCO2)[C@]2(O)C[C@H]3C=C[C@H](O)[C@@H](CO)[C@H]3[C@]1(O)[C@H]2O. The summed E-state index contributed by atoms with van der Waals surface area (Å²) in [7, 11) is 2.85. The number of aryl methyl sites for hydroxylation is 1. The number of rotatable bonds is 6. The van der Waals surface area contributed by atoms with Crippen molar-refractivity contribution in [2.75, 3.05) is 51.0 Å². The van der Waals surface area contributed by atoms with E-state index >= 15 is 0 Å². The lowest BCUT2D eigenvalue weighted by Gasteiger charge is -2.66. The summed E-state index contributed by atoms with van der Waals surface area (Å²) in [5.41, 5.74) is -5.53. The Kier molecular flexibility index (Phi) is 10.4. The summed E-state index contributed by atoms with van der Waals surface area (Å²) in [6.45, 7) is 2.01. The number of benzene rings is 1. The van der Waals surface area contributed by atoms with Gasteiger partial charge in [-0.05, 0) is 43.4 Å². The molecule has 2 aliphatic carbocycles. The number of allylic oxidation sites excluding steroid dienone is 1. The van der Waals surface area contributed by atoms with Crippen LogP contribution in [0.25, 0.3) is 11.0 Å². The van der Waals surface area contributed by atoms with Crippen LogP contribution in [0.5, 0.6) is 11.5 Å². The van der Waals surface area contributed by atoms with E-state index in [2.05, 4.69) is 5.32 Å². The van der Waals surface area contributed by atoms with Crippen LogP contribution in [0.3, 0.4) is 0 Å². The Morgan fingerprint density at radius 1 is 1.15 bits per heavy atom. The predicted molar refractivity (Wildman–Crippen MR) is 173 cm³/mol. The molecule has 0 unspecified atom stereocenters. The van der Waals surface area contributed by atoms with E-state index in [1.807, 2.05) is 0 Å². The van der Waals surface area contributed by atoms with Crippen LogP contribution in [0, 0.1) is 17.8 Å². The van der Waals surface area contributed by atoms with Crippen molar-refractivity contribution < 1.29 is 58.8 Å². The highest BCUT2D eigenvalue weighted by atomic mass is 33.1. The molecule has 4 aliphatic rings. The fourth-order valence-corrected chi connectivity index (χ4v) is 10.1. The zero-order chi connectivity index (χ0) is 33.4. The number of esters is 1. The van der Waals surface area contributed by atoms with Gasteiger partial charge >= 0.3 is 5.97 Å². The number of nitrogens with one attached hydrogen (secondary N) is 1. The van der Waals surface area contributed by atoms with Crippen molar-refractivity contribution in [3.63, 3.8) is 0 Å². The quantitative estimate of drug-likeness (QED) is 0.127. The van der Waals surface area contributed by atoms with Gasteiger partial charge in [-0.15, -0.1) is 0 Å². The largest absolute Gasteiger partial charge is 0.485 e. The van der Waals surface area contributed by atoms with E-state index in [1.165, 1.54) is 33.9 Å². The molecule has 1 saturated carbocycles. The first-order valence-electron chi connectivity index (χ1n) is 16.0. The van der Waals surface area contributed by atoms with Gasteiger partial charge in [-0.2, -0.15) is 0 Å². The molecule has 4 bridgehead atoms. The Labute approximate surface area is 280 Å². The fraction of sp³-hybridized carbons (Fsp3) is 0.656. The van der Waals surface area contributed by atoms with Crippen LogP contribution in [0.2, 0.25) is 0 Å². The number of ether oxygens (including phenoxy) is 4. The highest BCUT2D eigenvalue weighted by molar-refractivity contribution is 8.76. The monoisotopic (exact) mass is 697 g/mol. The van der Waals surface area contributed by atoms with Crippen molar-refractivity contribution >= 4 is 38.5 Å². The van der Waals surface area contributed by atoms with Crippen molar-refractivity contribution in [2.45, 2.75) is 61.5 Å². The van der Waals surface area contributed by atoms with Crippen molar-refractivity contribution in [3.8, 4) is 11.5 Å². The summed E-state index contributed by atoms with van der Waals surface area (Å²) in [6, 6.07) is 3.51. The Morgan fingerprint density at radius 2 is 1.98 bits per heavy atom. The molecule has 9 atom stereocenters. The Hall–Kier alpha value is -2.05. The van der Waals surface area contributed by atoms with Crippen LogP contribution in [0.4, 0.5) is 0 Å². The molecule has 3 heterocycles. The summed E-state index contributed by atoms with van der Waals surface area (Å²) >= 11 is 0. The fourth-order valence-electron chi connectivity index (χ4n) is 7.61. The molecule has 47 heavy (non-hydrogen) atoms. The van der Waals surface area contributed by atoms with Gasteiger partial charge in [-0.1, -0.05) is 33.7 Å². The average Bonchev–Trinajstić information content (AvgIpc) is 3.52. The molecule has 6 rings (SSSR count). The minimum Gasteiger partial charge on any atom is -0.485 e. The van der Waals surface area contributed by atoms with E-state index in [-0.39, 0.29) is 49.7 Å². The van der Waals surface area contributed by atoms with Crippen LogP contribution in [0.15, 0.2) is 35.0 Å². The van der Waals surface area contributed by atoms with Gasteiger partial charge in [-0.25, -0.2) is 0 Å². The summed E-state index contributed by atoms with van der Waals surface area (Å²) < 4.78 is 30.4. The Bertz CT molecular complexity index is 1460. The average molecular weight is 698 g/mol. The molecule has 7 N–H and O–H groups in total. The lowest BCUT2D eigenvalue weighted by atomic mass is 9.51. The maximum atomic E-state index is 12.7. The van der Waals surface area contributed by atoms with E-state index in [9.17, 15) is 35.4 Å². The first kappa shape index (κ1) is 34.8. The lowest BCUT2D eigenvalue weighted by molar-refractivity contribution is -0.416. The molecule has 2 fully saturated rings. The van der Waals surface area contributed by atoms with E-state index in [4.69, 9.17) is 23.4 Å². The van der Waals surface area contributed by atoms with Crippen LogP contribution in [-0.4, -0.2) is 123 Å². The number of carbonyl (C=O) groups is 1. The predicted octanol–water partition coefficient (Wildman–Crippen LogP) is 0.756. The summed E-state index contributed by atoms with van der Waals surface area (Å²) in [4.78, 5) is 12.5. The molecular formula is C32H43NO12S2. The van der Waals surface area contributed by atoms with Gasteiger partial charge in [0.15, 0.2) is 16.9 Å². The Balaban J connectivity index is 1.53. The lowest BCUT2D eigenvalue weighted by Crippen LogP contribution is -2.85. The highest BCUT2D eigenvalue weighted by Crippen LogP contribution is 2.60. The topological polar surface area (TPSA) is 201 Å². The van der Waals surface area contributed by atoms with E-state index in [0.717, 1.165) is 0 Å². The number of hydrogen-bond acceptors (Lipinski definition) is 15. The zero-order valence-corrected chi connectivity index (χ0v) is 27.7. The first-order chi connectivity index (χ1) is 22.6. The molecule has 2 aliphatic heterocycles. The van der Waals surface area contributed by atoms with Crippen LogP contribution in [-0.2, 0) is 20.7 Å². The van der Waals surface area contributed by atoms with Crippen molar-refractivity contribution in [3.05, 3.63) is 36.1 Å². The third kappa shape index (κ3) is 5.96. The normalized spacial score (nSPS) is 37.4. The van der Waals surface area contributed by atoms with E-state index in [0.29, 0.717) is 35.4 Å². The Morgan fingerprint density at radius 3 is 2.74 bits per heavy atom. The second-order valence-corrected chi connectivity index (χ2v) is 15.2. The highest BCUT2D eigenvalue weighted by Gasteiger charge is 2.76. The van der Waals surface area contributed by atoms with Crippen molar-refractivity contribution in [1.82, 2.24) is 5.32 Å². The van der Waals surface area contributed by atoms with E-state index in [1.54, 1.807) is 25.1 Å². The maximum Gasteiger partial charge on any atom is 0.306 e. The zero-order valence-electron chi connectivity index (χ0n) is 26.1. The van der Waals surface area contributed by atoms with Gasteiger partial charge in [0.05, 0.1) is 25.6 Å². The van der Waals surface area contributed by atoms with Crippen molar-refractivity contribution in [2.24, 2.45) is 17.8 Å². The van der Waals surface area contributed by atoms with Crippen LogP contribution in [0.1, 0.15) is 25.3 Å². The molecule has 15 heteroatoms. The summed E-state index contributed by atoms with van der Waals surface area (Å²) in [5.74, 6) is -2.07. The number of fused-ring (bicyclic) bond motifs is 11. The number of hydrogen-bond donors (Lipinski definition) is 7. The summed E-state index contributed by atoms with van der Waals surface area (Å²) in [6.07, 6.45) is -0.152. The van der Waals surface area contributed by atoms with Crippen LogP contribution < -0.4 is 14.8 Å². The number of carbonyl (C=O) groups excluding carboxylic acids is 1. The number of furan rings is 1. The maximum absolute atomic E-state index is 12.7. The third-order valence-corrected chi connectivity index (χ3v) is 12.4. The van der Waals surface area contributed by atoms with Gasteiger partial charge in [0.2, 0.25) is 12.0 Å². The molecule has 2 aromatic rings. The van der Waals surface area contributed by atoms with Gasteiger partial charge < -0.3 is 59.3 Å². The molecule has 0 radical (unpaired) electrons. The molecule has 260 valence electrons. The summed E-state index contributed by atoms with van der Waals surface area (Å²) in [5, 5.41) is 73.4. The third-order valence-electron chi connectivity index (χ3n) is 9.97. The van der Waals surface area contributed by atoms with E-state index < -0.39 is 72.2 Å².